The zero-order chi connectivity index (χ0) is 96.5. The molecule has 0 amide bonds. The third-order valence-electron chi connectivity index (χ3n) is 28.9. The first-order chi connectivity index (χ1) is 69.3. The molecule has 0 bridgehead atoms. The number of hydrogen-bond donors (Lipinski definition) is 2. The number of unbranched alkanes of at least 4 members (excludes halogenated alkanes) is 4. The SMILES string of the molecule is CC(C)c1cc2ccc3oc4cc(C(C)C)cc5ccc6oc(c1)c2c3-c6c54.CCCCCc1cc2ccc3oc4c(CCCCC)ccc5ccc6oc(c1)c2c3-c6c54.O=C(O)c1ccccc1C(=O)c1ccc2oc3ccc4c(C(=O)c5ccccc5C(=O)O)ccc5oc6ccc1c2c6-c3c54.O=C(c1ccccc1)c1ccc2oc3ccc4c(C(=O)c5ccccc5)ccc5oc6ccc1c2c6-c3c54. The maximum absolute atomic E-state index is 13.8. The molecular formula is C126H88O16. The van der Waals surface area contributed by atoms with Crippen LogP contribution in [0.5, 0.6) is 0 Å². The summed E-state index contributed by atoms with van der Waals surface area (Å²) < 4.78 is 51.7. The fourth-order valence-corrected chi connectivity index (χ4v) is 22.1. The third-order valence-corrected chi connectivity index (χ3v) is 28.9. The Labute approximate surface area is 810 Å². The standard InChI is InChI=1S/C36H18O8.C34H18O4.C30H30O2.C26H22O2/c37-33(19-5-1-3-7-23(19)35(39)40)21-11-15-25-29-17(21)9-13-27-31(29)32-28(43-25)14-10-18-22(12-16-26(44-27)30(18)32)34(38)20-6-2-4-8-24(20)36(41)42;35-33(19-7-3-1-4-8-19)23-13-17-25-29-21(23)11-15-27-31(29)32-28(37-25)16-12-22-24(14-18-26(38-27)30(22)32)34(36)20-9-5-2-6-10-20;1-3-5-7-9-19-17-22-14-16-24-28-26(22)25(18-19)31-23-15-13-20-11-12-21(10-8-6-4-2)30(32-24)27(20)29(23)28;1-13(2)17-9-15-5-7-20-25-23(15)21(11-17)27-19-8-6-16-10-18(14(3)4)12-22(28-20)24(16)26(19)25/h1-16H,(H,39,40)(H,41,42);1-18H;11-18H,3-10H2,1-2H3;5-14H,1-4H3. The monoisotopic (exact) mass is 1860 g/mol. The van der Waals surface area contributed by atoms with Crippen LogP contribution in [0.25, 0.3) is 220 Å². The van der Waals surface area contributed by atoms with E-state index in [1.165, 1.54) is 150 Å². The van der Waals surface area contributed by atoms with Gasteiger partial charge in [0, 0.05) is 132 Å². The van der Waals surface area contributed by atoms with Crippen molar-refractivity contribution in [2.75, 3.05) is 0 Å². The van der Waals surface area contributed by atoms with Crippen LogP contribution >= 0.6 is 0 Å². The van der Waals surface area contributed by atoms with Gasteiger partial charge in [-0.15, -0.1) is 0 Å². The van der Waals surface area contributed by atoms with Gasteiger partial charge < -0.3 is 45.6 Å². The number of aryl methyl sites for hydroxylation is 2. The minimum Gasteiger partial charge on any atom is -0.478 e. The summed E-state index contributed by atoms with van der Waals surface area (Å²) in [6, 6.07) is 94.8. The van der Waals surface area contributed by atoms with Gasteiger partial charge in [-0.05, 0) is 255 Å². The number of ketones is 4. The second-order valence-corrected chi connectivity index (χ2v) is 38.0. The molecule has 20 aromatic carbocycles. The minimum atomic E-state index is -1.20. The molecule has 8 aliphatic heterocycles. The Morgan fingerprint density at radius 3 is 0.908 bits per heavy atom. The lowest BCUT2D eigenvalue weighted by Gasteiger charge is -2.21. The van der Waals surface area contributed by atoms with Crippen LogP contribution in [0.15, 0.2) is 339 Å². The van der Waals surface area contributed by atoms with E-state index < -0.39 is 23.5 Å². The number of aromatic carboxylic acids is 2. The van der Waals surface area contributed by atoms with Crippen molar-refractivity contribution in [2.45, 2.75) is 105 Å². The predicted octanol–water partition coefficient (Wildman–Crippen LogP) is 34.1. The van der Waals surface area contributed by atoms with Crippen LogP contribution < -0.4 is 0 Å². The summed E-state index contributed by atoms with van der Waals surface area (Å²) in [5.41, 5.74) is 28.7. The van der Waals surface area contributed by atoms with E-state index in [0.717, 1.165) is 90.2 Å². The van der Waals surface area contributed by atoms with E-state index in [9.17, 15) is 39.0 Å². The highest BCUT2D eigenvalue weighted by molar-refractivity contribution is 6.34. The molecule has 16 heteroatoms. The molecule has 0 radical (unpaired) electrons. The normalized spacial score (nSPS) is 12.2. The fourth-order valence-electron chi connectivity index (χ4n) is 22.1. The molecule has 0 spiro atoms. The summed E-state index contributed by atoms with van der Waals surface area (Å²) in [5.74, 6) is -2.47. The van der Waals surface area contributed by atoms with Gasteiger partial charge in [-0.3, -0.25) is 19.2 Å². The molecule has 0 saturated heterocycles. The van der Waals surface area contributed by atoms with Crippen LogP contribution in [-0.2, 0) is 12.8 Å². The second kappa shape index (κ2) is 33.7. The topological polar surface area (TPSA) is 248 Å². The number of carboxylic acids is 2. The molecule has 28 rings (SSSR count). The van der Waals surface area contributed by atoms with Crippen molar-refractivity contribution < 1.29 is 74.3 Å². The van der Waals surface area contributed by atoms with E-state index in [1.807, 2.05) is 109 Å². The van der Waals surface area contributed by atoms with Gasteiger partial charge in [0.15, 0.2) is 23.1 Å². The van der Waals surface area contributed by atoms with Gasteiger partial charge in [0.05, 0.1) is 11.1 Å². The molecular weight excluding hydrogens is 1770 g/mol. The van der Waals surface area contributed by atoms with Gasteiger partial charge in [0.1, 0.15) is 89.3 Å². The first-order valence-electron chi connectivity index (χ1n) is 48.5. The Morgan fingerprint density at radius 1 is 0.239 bits per heavy atom. The second-order valence-electron chi connectivity index (χ2n) is 38.0. The van der Waals surface area contributed by atoms with Crippen LogP contribution in [0.1, 0.15) is 199 Å². The van der Waals surface area contributed by atoms with Crippen molar-refractivity contribution in [2.24, 2.45) is 0 Å². The van der Waals surface area contributed by atoms with Crippen molar-refractivity contribution in [1.82, 2.24) is 0 Å². The lowest BCUT2D eigenvalue weighted by Crippen LogP contribution is -2.10. The smallest absolute Gasteiger partial charge is 0.336 e. The third kappa shape index (κ3) is 13.7. The number of hydrogen-bond acceptors (Lipinski definition) is 14. The average Bonchev–Trinajstić information content (AvgIpc) is 0.709. The minimum absolute atomic E-state index is 0.0472. The van der Waals surface area contributed by atoms with Gasteiger partial charge in [0.2, 0.25) is 0 Å². The number of rotatable bonds is 20. The van der Waals surface area contributed by atoms with Crippen molar-refractivity contribution in [3.63, 3.8) is 0 Å². The van der Waals surface area contributed by atoms with Crippen LogP contribution in [0.2, 0.25) is 0 Å². The highest BCUT2D eigenvalue weighted by Crippen LogP contribution is 2.56. The highest BCUT2D eigenvalue weighted by Gasteiger charge is 2.35. The van der Waals surface area contributed by atoms with Gasteiger partial charge in [-0.25, -0.2) is 9.59 Å². The van der Waals surface area contributed by atoms with Crippen molar-refractivity contribution >= 4 is 211 Å². The Bertz CT molecular complexity index is 9360. The lowest BCUT2D eigenvalue weighted by atomic mass is 9.86. The molecule has 16 nitrogen and oxygen atoms in total. The molecule has 8 heterocycles. The summed E-state index contributed by atoms with van der Waals surface area (Å²) in [6.45, 7) is 13.4. The Kier molecular flexibility index (Phi) is 20.4. The summed E-state index contributed by atoms with van der Waals surface area (Å²) in [7, 11) is 0. The zero-order valence-corrected chi connectivity index (χ0v) is 78.3. The van der Waals surface area contributed by atoms with E-state index in [2.05, 4.69) is 139 Å². The molecule has 0 aromatic heterocycles. The number of carbonyl (C=O) groups is 6. The van der Waals surface area contributed by atoms with Crippen LogP contribution in [0.3, 0.4) is 0 Å². The molecule has 688 valence electrons. The maximum atomic E-state index is 13.8. The molecule has 0 atom stereocenters. The molecule has 0 fully saturated rings. The fraction of sp³-hybridized carbons (Fsp3) is 0.127. The summed E-state index contributed by atoms with van der Waals surface area (Å²) in [6.07, 6.45) is 9.56. The van der Waals surface area contributed by atoms with E-state index in [0.29, 0.717) is 123 Å². The first-order valence-corrected chi connectivity index (χ1v) is 48.5. The zero-order valence-electron chi connectivity index (χ0n) is 78.3. The van der Waals surface area contributed by atoms with Gasteiger partial charge in [0.25, 0.3) is 0 Å². The number of benzene rings is 20. The van der Waals surface area contributed by atoms with Crippen LogP contribution in [0, 0.1) is 0 Å². The van der Waals surface area contributed by atoms with Crippen LogP contribution in [-0.4, -0.2) is 45.3 Å². The molecule has 0 saturated carbocycles. The maximum Gasteiger partial charge on any atom is 0.336 e. The first kappa shape index (κ1) is 86.1. The van der Waals surface area contributed by atoms with Crippen molar-refractivity contribution in [3.8, 4) is 44.5 Å². The molecule has 20 aromatic rings. The van der Waals surface area contributed by atoms with Crippen molar-refractivity contribution in [1.29, 1.82) is 0 Å². The Hall–Kier alpha value is -17.5. The molecule has 142 heavy (non-hydrogen) atoms. The summed E-state index contributed by atoms with van der Waals surface area (Å²) >= 11 is 0. The van der Waals surface area contributed by atoms with Crippen LogP contribution in [0.4, 0.5) is 0 Å². The summed E-state index contributed by atoms with van der Waals surface area (Å²) in [4.78, 5) is 78.3. The van der Waals surface area contributed by atoms with E-state index in [1.54, 1.807) is 72.8 Å². The Balaban J connectivity index is 0.000000101. The number of carboxylic acid groups (broad SMARTS) is 2. The average molecular weight is 1860 g/mol. The lowest BCUT2D eigenvalue weighted by molar-refractivity contribution is 0.0683. The largest absolute Gasteiger partial charge is 0.478 e. The molecule has 8 aliphatic rings. The van der Waals surface area contributed by atoms with Gasteiger partial charge >= 0.3 is 11.9 Å². The van der Waals surface area contributed by atoms with E-state index in [4.69, 9.17) is 35.3 Å². The number of carbonyl (C=O) groups excluding carboxylic acids is 4. The molecule has 0 aliphatic carbocycles. The van der Waals surface area contributed by atoms with E-state index in [-0.39, 0.29) is 33.8 Å². The molecule has 2 N–H and O–H groups in total. The predicted molar refractivity (Wildman–Crippen MR) is 563 cm³/mol. The van der Waals surface area contributed by atoms with Crippen molar-refractivity contribution in [3.05, 3.63) is 381 Å². The van der Waals surface area contributed by atoms with Gasteiger partial charge in [-0.2, -0.15) is 0 Å². The van der Waals surface area contributed by atoms with E-state index >= 15 is 0 Å². The highest BCUT2D eigenvalue weighted by atomic mass is 16.4. The molecule has 0 unspecified atom stereocenters. The quantitative estimate of drug-likeness (QED) is 0.0311. The summed E-state index contributed by atoms with van der Waals surface area (Å²) in [5, 5.41) is 34.7. The Morgan fingerprint density at radius 2 is 0.535 bits per heavy atom. The van der Waals surface area contributed by atoms with Gasteiger partial charge in [-0.1, -0.05) is 219 Å².